The van der Waals surface area contributed by atoms with E-state index in [2.05, 4.69) is 0 Å². The molecule has 0 amide bonds. The molecule has 1 aliphatic heterocycles. The first-order chi connectivity index (χ1) is 12.4. The molecule has 2 fully saturated rings. The summed E-state index contributed by atoms with van der Waals surface area (Å²) in [5.74, 6) is -0.850. The van der Waals surface area contributed by atoms with Crippen LogP contribution in [0, 0.1) is 0 Å². The largest absolute Gasteiger partial charge is 0.392 e. The average molecular weight is 295 g/mol. The summed E-state index contributed by atoms with van der Waals surface area (Å²) in [6, 6.07) is 6.91. The van der Waals surface area contributed by atoms with Crippen LogP contribution in [0.15, 0.2) is 24.3 Å². The van der Waals surface area contributed by atoms with E-state index in [4.69, 9.17) is 13.0 Å². The van der Waals surface area contributed by atoms with Crippen LogP contribution in [-0.4, -0.2) is 35.3 Å². The molecule has 1 aromatic carbocycles. The maximum absolute atomic E-state index is 9.29. The van der Waals surface area contributed by atoms with Crippen LogP contribution in [0.25, 0.3) is 0 Å². The monoisotopic (exact) mass is 295 g/mol. The van der Waals surface area contributed by atoms with E-state index in [1.54, 1.807) is 24.3 Å². The highest BCUT2D eigenvalue weighted by Crippen LogP contribution is 2.46. The second kappa shape index (κ2) is 6.07. The Morgan fingerprint density at radius 3 is 2.71 bits per heavy atom. The Balaban J connectivity index is 2.16. The van der Waals surface area contributed by atoms with Gasteiger partial charge in [0, 0.05) is 19.3 Å². The van der Waals surface area contributed by atoms with Crippen LogP contribution in [0.2, 0.25) is 0 Å². The first kappa shape index (κ1) is 9.29. The van der Waals surface area contributed by atoms with Gasteiger partial charge in [-0.3, -0.25) is 4.90 Å². The standard InChI is InChI=1S/C18H27NO2/c1-14-19(2)12-17(16-8-6-15(13-20)7-9-16)18(21-14)10-4-3-5-11-18/h6-9,14,17,20H,3-5,10-13H2,1-2H3/i2D3,12D2,14D. The first-order valence-corrected chi connectivity index (χ1v) is 7.64. The second-order valence-corrected chi connectivity index (χ2v) is 6.04. The van der Waals surface area contributed by atoms with Crippen LogP contribution in [0.3, 0.4) is 0 Å². The van der Waals surface area contributed by atoms with Crippen molar-refractivity contribution in [3.63, 3.8) is 0 Å². The minimum atomic E-state index is -2.82. The normalized spacial score (nSPS) is 40.4. The zero-order valence-electron chi connectivity index (χ0n) is 18.4. The van der Waals surface area contributed by atoms with E-state index in [-0.39, 0.29) is 6.61 Å². The first-order valence-electron chi connectivity index (χ1n) is 10.6. The van der Waals surface area contributed by atoms with Crippen molar-refractivity contribution >= 4 is 0 Å². The van der Waals surface area contributed by atoms with Crippen LogP contribution in [-0.2, 0) is 11.3 Å². The van der Waals surface area contributed by atoms with Gasteiger partial charge in [0.05, 0.1) is 13.6 Å². The zero-order valence-corrected chi connectivity index (χ0v) is 12.4. The smallest absolute Gasteiger partial charge is 0.108 e. The molecule has 1 aliphatic carbocycles. The summed E-state index contributed by atoms with van der Waals surface area (Å²) in [5.41, 5.74) is 0.399. The molecule has 3 rings (SSSR count). The lowest BCUT2D eigenvalue weighted by molar-refractivity contribution is -0.205. The van der Waals surface area contributed by atoms with Gasteiger partial charge in [-0.25, -0.2) is 0 Å². The molecule has 0 radical (unpaired) electrons. The summed E-state index contributed by atoms with van der Waals surface area (Å²) in [5, 5.41) is 9.29. The average Bonchev–Trinajstić information content (AvgIpc) is 2.52. The van der Waals surface area contributed by atoms with Gasteiger partial charge in [-0.15, -0.1) is 0 Å². The van der Waals surface area contributed by atoms with Crippen LogP contribution in [0.5, 0.6) is 0 Å². The third-order valence-corrected chi connectivity index (χ3v) is 4.65. The van der Waals surface area contributed by atoms with Gasteiger partial charge in [-0.1, -0.05) is 43.5 Å². The number of rotatable bonds is 2. The Morgan fingerprint density at radius 2 is 2.10 bits per heavy atom. The number of ether oxygens (including phenoxy) is 1. The molecule has 1 heterocycles. The number of aliphatic hydroxyl groups excluding tert-OH is 1. The fourth-order valence-electron chi connectivity index (χ4n) is 3.47. The van der Waals surface area contributed by atoms with Gasteiger partial charge in [0.25, 0.3) is 0 Å². The van der Waals surface area contributed by atoms with Gasteiger partial charge in [-0.2, -0.15) is 0 Å². The van der Waals surface area contributed by atoms with E-state index >= 15 is 0 Å². The minimum Gasteiger partial charge on any atom is -0.392 e. The number of hydrogen-bond donors (Lipinski definition) is 1. The lowest BCUT2D eigenvalue weighted by Gasteiger charge is -2.52. The van der Waals surface area contributed by atoms with Crippen LogP contribution < -0.4 is 0 Å². The summed E-state index contributed by atoms with van der Waals surface area (Å²) in [6.45, 7) is -3.93. The van der Waals surface area contributed by atoms with Crippen molar-refractivity contribution in [3.8, 4) is 0 Å². The highest BCUT2D eigenvalue weighted by molar-refractivity contribution is 5.28. The maximum Gasteiger partial charge on any atom is 0.108 e. The third-order valence-electron chi connectivity index (χ3n) is 4.65. The molecule has 2 atom stereocenters. The molecular formula is C18H27NO2. The van der Waals surface area contributed by atoms with Crippen LogP contribution in [0.1, 0.15) is 64.3 Å². The van der Waals surface area contributed by atoms with Gasteiger partial charge in [0.15, 0.2) is 0 Å². The number of nitrogens with zero attached hydrogens (tertiary/aromatic N) is 1. The number of likely N-dealkylation sites (N-methyl/N-ethyl adjacent to an activating group) is 1. The van der Waals surface area contributed by atoms with Gasteiger partial charge in [-0.05, 0) is 37.9 Å². The number of aliphatic hydroxyl groups is 1. The van der Waals surface area contributed by atoms with E-state index in [1.165, 1.54) is 6.92 Å². The molecule has 1 N–H and O–H groups in total. The van der Waals surface area contributed by atoms with Crippen molar-refractivity contribution in [2.45, 2.75) is 63.4 Å². The van der Waals surface area contributed by atoms with E-state index in [9.17, 15) is 5.11 Å². The molecule has 1 aromatic rings. The Kier molecular flexibility index (Phi) is 2.69. The molecule has 2 aliphatic rings. The second-order valence-electron chi connectivity index (χ2n) is 6.04. The van der Waals surface area contributed by atoms with E-state index < -0.39 is 31.2 Å². The van der Waals surface area contributed by atoms with Gasteiger partial charge in [0.2, 0.25) is 0 Å². The van der Waals surface area contributed by atoms with Crippen molar-refractivity contribution < 1.29 is 18.1 Å². The highest BCUT2D eigenvalue weighted by Gasteiger charge is 2.46. The SMILES string of the molecule is [2H]C([2H])([2H])N1C([2H])(C)OC2(CCCCC2)C(c2ccc(CO)cc2)C1([2H])[2H]. The quantitative estimate of drug-likeness (QED) is 0.909. The molecule has 2 unspecified atom stereocenters. The Labute approximate surface area is 136 Å². The van der Waals surface area contributed by atoms with Crippen LogP contribution in [0.4, 0.5) is 0 Å². The molecule has 1 saturated heterocycles. The molecule has 1 spiro atoms. The topological polar surface area (TPSA) is 32.7 Å². The lowest BCUT2D eigenvalue weighted by atomic mass is 9.71. The Bertz CT molecular complexity index is 667. The van der Waals surface area contributed by atoms with Crippen molar-refractivity contribution in [1.29, 1.82) is 0 Å². The van der Waals surface area contributed by atoms with Crippen molar-refractivity contribution in [2.24, 2.45) is 0 Å². The molecule has 21 heavy (non-hydrogen) atoms. The van der Waals surface area contributed by atoms with Gasteiger partial charge < -0.3 is 9.84 Å². The summed E-state index contributed by atoms with van der Waals surface area (Å²) >= 11 is 0. The van der Waals surface area contributed by atoms with Crippen molar-refractivity contribution in [2.75, 3.05) is 13.5 Å². The fraction of sp³-hybridized carbons (Fsp3) is 0.667. The molecule has 0 aromatic heterocycles. The predicted molar refractivity (Wildman–Crippen MR) is 84.1 cm³/mol. The van der Waals surface area contributed by atoms with Gasteiger partial charge in [0.1, 0.15) is 6.20 Å². The Hall–Kier alpha value is -0.900. The third kappa shape index (κ3) is 2.87. The van der Waals surface area contributed by atoms with E-state index in [1.807, 2.05) is 0 Å². The molecular weight excluding hydrogens is 262 g/mol. The molecule has 0 bridgehead atoms. The molecule has 3 nitrogen and oxygen atoms in total. The lowest BCUT2D eigenvalue weighted by Crippen LogP contribution is -2.55. The highest BCUT2D eigenvalue weighted by atomic mass is 16.5. The Morgan fingerprint density at radius 1 is 1.38 bits per heavy atom. The predicted octanol–water partition coefficient (Wildman–Crippen LogP) is 3.27. The summed E-state index contributed by atoms with van der Waals surface area (Å²) < 4.78 is 55.9. The molecule has 3 heteroatoms. The van der Waals surface area contributed by atoms with Crippen molar-refractivity contribution in [3.05, 3.63) is 35.4 Å². The fourth-order valence-corrected chi connectivity index (χ4v) is 3.47. The summed E-state index contributed by atoms with van der Waals surface area (Å²) in [4.78, 5) is 0.581. The summed E-state index contributed by atoms with van der Waals surface area (Å²) in [7, 11) is 0. The maximum atomic E-state index is 9.29. The zero-order chi connectivity index (χ0) is 20.1. The number of benzene rings is 1. The van der Waals surface area contributed by atoms with E-state index in [0.717, 1.165) is 19.3 Å². The van der Waals surface area contributed by atoms with Crippen LogP contribution >= 0.6 is 0 Å². The van der Waals surface area contributed by atoms with Gasteiger partial charge >= 0.3 is 0 Å². The molecule has 1 saturated carbocycles. The number of hydrogen-bond acceptors (Lipinski definition) is 3. The minimum absolute atomic E-state index is 0.119. The molecule has 116 valence electrons. The van der Waals surface area contributed by atoms with E-state index in [0.29, 0.717) is 28.9 Å². The van der Waals surface area contributed by atoms with Crippen molar-refractivity contribution in [1.82, 2.24) is 4.90 Å². The summed E-state index contributed by atoms with van der Waals surface area (Å²) in [6.07, 6.45) is 1.89.